The van der Waals surface area contributed by atoms with Crippen LogP contribution in [-0.4, -0.2) is 23.1 Å². The zero-order chi connectivity index (χ0) is 15.9. The first kappa shape index (κ1) is 16.2. The first-order chi connectivity index (χ1) is 10.6. The van der Waals surface area contributed by atoms with Crippen LogP contribution in [0.25, 0.3) is 0 Å². The normalized spacial score (nSPS) is 12.1. The monoisotopic (exact) mass is 294 g/mol. The Bertz CT molecular complexity index is 643. The first-order valence-electron chi connectivity index (χ1n) is 7.58. The molecule has 2 rings (SSSR count). The molecule has 3 nitrogen and oxygen atoms in total. The smallest absolute Gasteiger partial charge is 0.0991 e. The van der Waals surface area contributed by atoms with Crippen molar-refractivity contribution in [2.75, 3.05) is 13.1 Å². The van der Waals surface area contributed by atoms with Crippen LogP contribution in [0.15, 0.2) is 48.5 Å². The molecule has 1 atom stereocenters. The Morgan fingerprint density at radius 1 is 1.18 bits per heavy atom. The third-order valence-electron chi connectivity index (χ3n) is 3.80. The van der Waals surface area contributed by atoms with Crippen molar-refractivity contribution in [1.82, 2.24) is 4.90 Å². The molecule has 114 valence electrons. The van der Waals surface area contributed by atoms with Crippen molar-refractivity contribution in [3.05, 3.63) is 70.8 Å². The molecule has 0 bridgehead atoms. The number of hydrogen-bond acceptors (Lipinski definition) is 3. The summed E-state index contributed by atoms with van der Waals surface area (Å²) in [5, 5.41) is 19.4. The van der Waals surface area contributed by atoms with E-state index in [0.29, 0.717) is 12.1 Å². The molecule has 0 saturated heterocycles. The van der Waals surface area contributed by atoms with Gasteiger partial charge in [0.05, 0.1) is 17.7 Å². The molecule has 22 heavy (non-hydrogen) atoms. The molecule has 1 unspecified atom stereocenters. The van der Waals surface area contributed by atoms with Crippen LogP contribution in [0.1, 0.15) is 35.3 Å². The lowest BCUT2D eigenvalue weighted by Gasteiger charge is -2.24. The van der Waals surface area contributed by atoms with E-state index in [1.54, 1.807) is 6.07 Å². The minimum absolute atomic E-state index is 0.500. The van der Waals surface area contributed by atoms with Gasteiger partial charge in [-0.3, -0.25) is 4.90 Å². The number of nitrogens with zero attached hydrogens (tertiary/aromatic N) is 2. The van der Waals surface area contributed by atoms with Crippen LogP contribution in [0.2, 0.25) is 0 Å². The van der Waals surface area contributed by atoms with E-state index >= 15 is 0 Å². The van der Waals surface area contributed by atoms with Crippen molar-refractivity contribution in [3.63, 3.8) is 0 Å². The second kappa shape index (κ2) is 7.74. The Kier molecular flexibility index (Phi) is 5.71. The molecular weight excluding hydrogens is 272 g/mol. The second-order valence-electron chi connectivity index (χ2n) is 5.57. The maximum Gasteiger partial charge on any atom is 0.0991 e. The van der Waals surface area contributed by atoms with Gasteiger partial charge in [0.2, 0.25) is 0 Å². The van der Waals surface area contributed by atoms with Crippen LogP contribution in [0.3, 0.4) is 0 Å². The van der Waals surface area contributed by atoms with Gasteiger partial charge in [-0.25, -0.2) is 0 Å². The number of rotatable bonds is 6. The molecule has 0 spiro atoms. The van der Waals surface area contributed by atoms with E-state index in [2.05, 4.69) is 17.9 Å². The third kappa shape index (κ3) is 4.42. The molecule has 0 amide bonds. The molecule has 0 aromatic heterocycles. The topological polar surface area (TPSA) is 47.3 Å². The Morgan fingerprint density at radius 2 is 1.91 bits per heavy atom. The summed E-state index contributed by atoms with van der Waals surface area (Å²) in [6.07, 6.45) is -0.500. The van der Waals surface area contributed by atoms with E-state index in [1.807, 2.05) is 49.4 Å². The summed E-state index contributed by atoms with van der Waals surface area (Å²) in [7, 11) is 0. The predicted octanol–water partition coefficient (Wildman–Crippen LogP) is 3.42. The average molecular weight is 294 g/mol. The SMILES string of the molecule is CCN(Cc1cccc(C#N)c1)CC(O)c1ccc(C)cc1. The largest absolute Gasteiger partial charge is 0.387 e. The minimum Gasteiger partial charge on any atom is -0.387 e. The first-order valence-corrected chi connectivity index (χ1v) is 7.58. The van der Waals surface area contributed by atoms with Crippen molar-refractivity contribution in [3.8, 4) is 6.07 Å². The lowest BCUT2D eigenvalue weighted by Crippen LogP contribution is -2.28. The molecule has 0 radical (unpaired) electrons. The van der Waals surface area contributed by atoms with Gasteiger partial charge in [0, 0.05) is 13.1 Å². The fourth-order valence-electron chi connectivity index (χ4n) is 2.44. The highest BCUT2D eigenvalue weighted by Crippen LogP contribution is 2.17. The maximum absolute atomic E-state index is 10.4. The summed E-state index contributed by atoms with van der Waals surface area (Å²) in [6, 6.07) is 17.8. The van der Waals surface area contributed by atoms with E-state index in [0.717, 1.165) is 24.2 Å². The summed E-state index contributed by atoms with van der Waals surface area (Å²) in [6.45, 7) is 6.28. The summed E-state index contributed by atoms with van der Waals surface area (Å²) in [4.78, 5) is 2.18. The Morgan fingerprint density at radius 3 is 2.55 bits per heavy atom. The van der Waals surface area contributed by atoms with E-state index in [-0.39, 0.29) is 0 Å². The number of nitriles is 1. The van der Waals surface area contributed by atoms with Crippen LogP contribution in [0, 0.1) is 18.3 Å². The molecule has 0 saturated carbocycles. The fraction of sp³-hybridized carbons (Fsp3) is 0.316. The van der Waals surface area contributed by atoms with Crippen LogP contribution in [0.5, 0.6) is 0 Å². The summed E-state index contributed by atoms with van der Waals surface area (Å²) in [5.41, 5.74) is 3.90. The van der Waals surface area contributed by atoms with Gasteiger partial charge in [-0.2, -0.15) is 5.26 Å². The number of likely N-dealkylation sites (N-methyl/N-ethyl adjacent to an activating group) is 1. The maximum atomic E-state index is 10.4. The molecule has 3 heteroatoms. The molecule has 2 aromatic carbocycles. The second-order valence-corrected chi connectivity index (χ2v) is 5.57. The molecule has 0 fully saturated rings. The molecule has 0 aliphatic rings. The molecular formula is C19H22N2O. The zero-order valence-corrected chi connectivity index (χ0v) is 13.2. The minimum atomic E-state index is -0.500. The molecule has 0 aliphatic heterocycles. The van der Waals surface area contributed by atoms with Gasteiger partial charge in [-0.05, 0) is 36.7 Å². The van der Waals surface area contributed by atoms with Crippen LogP contribution < -0.4 is 0 Å². The highest BCUT2D eigenvalue weighted by Gasteiger charge is 2.13. The van der Waals surface area contributed by atoms with Gasteiger partial charge < -0.3 is 5.11 Å². The standard InChI is InChI=1S/C19H22N2O/c1-3-21(13-17-6-4-5-16(11-17)12-20)14-19(22)18-9-7-15(2)8-10-18/h4-11,19,22H,3,13-14H2,1-2H3. The Balaban J connectivity index is 2.02. The quantitative estimate of drug-likeness (QED) is 0.888. The molecule has 0 heterocycles. The van der Waals surface area contributed by atoms with Crippen LogP contribution >= 0.6 is 0 Å². The van der Waals surface area contributed by atoms with Crippen LogP contribution in [0.4, 0.5) is 0 Å². The highest BCUT2D eigenvalue weighted by molar-refractivity contribution is 5.32. The van der Waals surface area contributed by atoms with Gasteiger partial charge >= 0.3 is 0 Å². The molecule has 1 N–H and O–H groups in total. The van der Waals surface area contributed by atoms with Crippen molar-refractivity contribution < 1.29 is 5.11 Å². The molecule has 2 aromatic rings. The van der Waals surface area contributed by atoms with E-state index in [4.69, 9.17) is 5.26 Å². The molecule has 0 aliphatic carbocycles. The van der Waals surface area contributed by atoms with Gasteiger partial charge in [0.25, 0.3) is 0 Å². The zero-order valence-electron chi connectivity index (χ0n) is 13.2. The highest BCUT2D eigenvalue weighted by atomic mass is 16.3. The summed E-state index contributed by atoms with van der Waals surface area (Å²) < 4.78 is 0. The van der Waals surface area contributed by atoms with E-state index in [9.17, 15) is 5.11 Å². The number of benzene rings is 2. The number of aryl methyl sites for hydroxylation is 1. The number of aliphatic hydroxyl groups is 1. The predicted molar refractivity (Wildman–Crippen MR) is 88.2 cm³/mol. The summed E-state index contributed by atoms with van der Waals surface area (Å²) in [5.74, 6) is 0. The third-order valence-corrected chi connectivity index (χ3v) is 3.80. The van der Waals surface area contributed by atoms with Gasteiger partial charge in [0.15, 0.2) is 0 Å². The van der Waals surface area contributed by atoms with Crippen LogP contribution in [-0.2, 0) is 6.54 Å². The fourth-order valence-corrected chi connectivity index (χ4v) is 2.44. The van der Waals surface area contributed by atoms with E-state index in [1.165, 1.54) is 5.56 Å². The lowest BCUT2D eigenvalue weighted by molar-refractivity contribution is 0.112. The number of hydrogen-bond donors (Lipinski definition) is 1. The van der Waals surface area contributed by atoms with Crippen molar-refractivity contribution in [1.29, 1.82) is 5.26 Å². The number of aliphatic hydroxyl groups excluding tert-OH is 1. The summed E-state index contributed by atoms with van der Waals surface area (Å²) >= 11 is 0. The van der Waals surface area contributed by atoms with Gasteiger partial charge in [-0.1, -0.05) is 48.9 Å². The van der Waals surface area contributed by atoms with Crippen molar-refractivity contribution >= 4 is 0 Å². The van der Waals surface area contributed by atoms with Crippen molar-refractivity contribution in [2.45, 2.75) is 26.5 Å². The lowest BCUT2D eigenvalue weighted by atomic mass is 10.1. The van der Waals surface area contributed by atoms with E-state index < -0.39 is 6.10 Å². The van der Waals surface area contributed by atoms with Gasteiger partial charge in [0.1, 0.15) is 0 Å². The Hall–Kier alpha value is -2.15. The Labute approximate surface area is 132 Å². The van der Waals surface area contributed by atoms with Crippen molar-refractivity contribution in [2.24, 2.45) is 0 Å². The average Bonchev–Trinajstić information content (AvgIpc) is 2.55. The van der Waals surface area contributed by atoms with Gasteiger partial charge in [-0.15, -0.1) is 0 Å².